The minimum Gasteiger partial charge on any atom is -0.454 e. The summed E-state index contributed by atoms with van der Waals surface area (Å²) >= 11 is 0. The molecule has 0 saturated heterocycles. The van der Waals surface area contributed by atoms with Gasteiger partial charge < -0.3 is 15.2 Å². The third kappa shape index (κ3) is 1.28. The van der Waals surface area contributed by atoms with Crippen LogP contribution in [0.5, 0.6) is 11.5 Å². The first-order valence-electron chi connectivity index (χ1n) is 4.24. The van der Waals surface area contributed by atoms with Crippen LogP contribution in [-0.2, 0) is 5.54 Å². The lowest BCUT2D eigenvalue weighted by Crippen LogP contribution is -2.30. The van der Waals surface area contributed by atoms with E-state index < -0.39 is 5.54 Å². The number of fused-ring (bicyclic) bond motifs is 1. The van der Waals surface area contributed by atoms with Gasteiger partial charge in [0.2, 0.25) is 6.79 Å². The second-order valence-corrected chi connectivity index (χ2v) is 3.38. The van der Waals surface area contributed by atoms with Crippen molar-refractivity contribution in [2.45, 2.75) is 12.5 Å². The van der Waals surface area contributed by atoms with Gasteiger partial charge >= 0.3 is 0 Å². The highest BCUT2D eigenvalue weighted by Gasteiger charge is 2.23. The lowest BCUT2D eigenvalue weighted by atomic mass is 9.95. The standard InChI is InChI=1S/C10H10N2O2/c1-10(12,5-11)7-2-3-8-9(4-7)14-6-13-8/h2-4H,6,12H2,1H3/t10-/m0/s1. The Labute approximate surface area is 81.8 Å². The number of benzene rings is 1. The maximum atomic E-state index is 8.85. The van der Waals surface area contributed by atoms with Crippen molar-refractivity contribution in [3.8, 4) is 17.6 Å². The van der Waals surface area contributed by atoms with Crippen LogP contribution in [0, 0.1) is 11.3 Å². The number of nitrogens with two attached hydrogens (primary N) is 1. The molecule has 0 radical (unpaired) electrons. The Bertz CT molecular complexity index is 407. The number of nitriles is 1. The lowest BCUT2D eigenvalue weighted by Gasteiger charge is -2.15. The number of hydrogen-bond acceptors (Lipinski definition) is 4. The first-order chi connectivity index (χ1) is 6.63. The van der Waals surface area contributed by atoms with Crippen molar-refractivity contribution in [2.24, 2.45) is 5.73 Å². The van der Waals surface area contributed by atoms with Crippen LogP contribution in [0.25, 0.3) is 0 Å². The fourth-order valence-corrected chi connectivity index (χ4v) is 1.28. The second kappa shape index (κ2) is 2.89. The molecule has 0 fully saturated rings. The van der Waals surface area contributed by atoms with Crippen molar-refractivity contribution in [2.75, 3.05) is 6.79 Å². The number of hydrogen-bond donors (Lipinski definition) is 1. The number of rotatable bonds is 1. The van der Waals surface area contributed by atoms with Gasteiger partial charge in [0.15, 0.2) is 11.5 Å². The number of ether oxygens (including phenoxy) is 2. The van der Waals surface area contributed by atoms with Gasteiger partial charge in [-0.2, -0.15) is 5.26 Å². The zero-order valence-electron chi connectivity index (χ0n) is 7.78. The summed E-state index contributed by atoms with van der Waals surface area (Å²) in [7, 11) is 0. The first-order valence-corrected chi connectivity index (χ1v) is 4.24. The summed E-state index contributed by atoms with van der Waals surface area (Å²) in [6, 6.07) is 7.31. The van der Waals surface area contributed by atoms with Gasteiger partial charge in [0.1, 0.15) is 5.54 Å². The molecule has 4 heteroatoms. The van der Waals surface area contributed by atoms with Crippen LogP contribution in [0.1, 0.15) is 12.5 Å². The van der Waals surface area contributed by atoms with Crippen molar-refractivity contribution in [1.29, 1.82) is 5.26 Å². The largest absolute Gasteiger partial charge is 0.454 e. The molecule has 0 unspecified atom stereocenters. The number of nitrogens with zero attached hydrogens (tertiary/aromatic N) is 1. The SMILES string of the molecule is C[C@](N)(C#N)c1ccc2c(c1)OCO2. The molecule has 0 spiro atoms. The minimum absolute atomic E-state index is 0.229. The van der Waals surface area contributed by atoms with Gasteiger partial charge in [0.05, 0.1) is 6.07 Å². The molecule has 0 amide bonds. The van der Waals surface area contributed by atoms with Crippen molar-refractivity contribution in [3.05, 3.63) is 23.8 Å². The maximum Gasteiger partial charge on any atom is 0.231 e. The molecule has 1 heterocycles. The molecular weight excluding hydrogens is 180 g/mol. The highest BCUT2D eigenvalue weighted by atomic mass is 16.7. The van der Waals surface area contributed by atoms with E-state index in [0.29, 0.717) is 11.5 Å². The van der Waals surface area contributed by atoms with E-state index in [1.165, 1.54) is 0 Å². The molecular formula is C10H10N2O2. The normalized spacial score (nSPS) is 17.2. The molecule has 0 aliphatic carbocycles. The van der Waals surface area contributed by atoms with E-state index in [2.05, 4.69) is 0 Å². The van der Waals surface area contributed by atoms with Gasteiger partial charge in [0, 0.05) is 0 Å². The van der Waals surface area contributed by atoms with Crippen molar-refractivity contribution in [1.82, 2.24) is 0 Å². The third-order valence-electron chi connectivity index (χ3n) is 2.20. The average molecular weight is 190 g/mol. The van der Waals surface area contributed by atoms with Crippen molar-refractivity contribution < 1.29 is 9.47 Å². The molecule has 72 valence electrons. The Morgan fingerprint density at radius 2 is 2.14 bits per heavy atom. The lowest BCUT2D eigenvalue weighted by molar-refractivity contribution is 0.174. The Kier molecular flexibility index (Phi) is 1.83. The van der Waals surface area contributed by atoms with Gasteiger partial charge in [0.25, 0.3) is 0 Å². The van der Waals surface area contributed by atoms with E-state index in [9.17, 15) is 0 Å². The maximum absolute atomic E-state index is 8.85. The van der Waals surface area contributed by atoms with E-state index >= 15 is 0 Å². The van der Waals surface area contributed by atoms with Crippen LogP contribution in [0.4, 0.5) is 0 Å². The molecule has 2 N–H and O–H groups in total. The van der Waals surface area contributed by atoms with E-state index in [-0.39, 0.29) is 6.79 Å². The zero-order chi connectivity index (χ0) is 10.2. The zero-order valence-corrected chi connectivity index (χ0v) is 7.78. The van der Waals surface area contributed by atoms with Gasteiger partial charge in [-0.05, 0) is 24.6 Å². The van der Waals surface area contributed by atoms with E-state index in [4.69, 9.17) is 20.5 Å². The third-order valence-corrected chi connectivity index (χ3v) is 2.20. The second-order valence-electron chi connectivity index (χ2n) is 3.38. The highest BCUT2D eigenvalue weighted by Crippen LogP contribution is 2.34. The summed E-state index contributed by atoms with van der Waals surface area (Å²) in [6.07, 6.45) is 0. The topological polar surface area (TPSA) is 68.3 Å². The summed E-state index contributed by atoms with van der Waals surface area (Å²) in [4.78, 5) is 0. The van der Waals surface area contributed by atoms with Crippen LogP contribution in [0.15, 0.2) is 18.2 Å². The van der Waals surface area contributed by atoms with Crippen LogP contribution < -0.4 is 15.2 Å². The van der Waals surface area contributed by atoms with Gasteiger partial charge in [-0.1, -0.05) is 6.07 Å². The predicted octanol–water partition coefficient (Wildman–Crippen LogP) is 1.11. The fourth-order valence-electron chi connectivity index (χ4n) is 1.28. The Hall–Kier alpha value is -1.73. The smallest absolute Gasteiger partial charge is 0.231 e. The van der Waals surface area contributed by atoms with E-state index in [1.807, 2.05) is 6.07 Å². The quantitative estimate of drug-likeness (QED) is 0.720. The molecule has 2 rings (SSSR count). The molecule has 1 aromatic carbocycles. The first kappa shape index (κ1) is 8.85. The predicted molar refractivity (Wildman–Crippen MR) is 49.7 cm³/mol. The Morgan fingerprint density at radius 3 is 2.86 bits per heavy atom. The van der Waals surface area contributed by atoms with Gasteiger partial charge in [-0.15, -0.1) is 0 Å². The molecule has 0 saturated carbocycles. The molecule has 1 aromatic rings. The average Bonchev–Trinajstić information content (AvgIpc) is 2.64. The molecule has 1 atom stereocenters. The molecule has 0 aromatic heterocycles. The van der Waals surface area contributed by atoms with E-state index in [1.54, 1.807) is 25.1 Å². The molecule has 14 heavy (non-hydrogen) atoms. The van der Waals surface area contributed by atoms with Gasteiger partial charge in [-0.3, -0.25) is 0 Å². The van der Waals surface area contributed by atoms with Crippen LogP contribution >= 0.6 is 0 Å². The monoisotopic (exact) mass is 190 g/mol. The molecule has 0 bridgehead atoms. The highest BCUT2D eigenvalue weighted by molar-refractivity contribution is 5.47. The molecule has 1 aliphatic rings. The van der Waals surface area contributed by atoms with Crippen LogP contribution in [0.2, 0.25) is 0 Å². The molecule has 4 nitrogen and oxygen atoms in total. The summed E-state index contributed by atoms with van der Waals surface area (Å²) in [6.45, 7) is 1.89. The summed E-state index contributed by atoms with van der Waals surface area (Å²) < 4.78 is 10.3. The Morgan fingerprint density at radius 1 is 1.43 bits per heavy atom. The summed E-state index contributed by atoms with van der Waals surface area (Å²) in [5, 5.41) is 8.85. The van der Waals surface area contributed by atoms with Gasteiger partial charge in [-0.25, -0.2) is 0 Å². The van der Waals surface area contributed by atoms with E-state index in [0.717, 1.165) is 5.56 Å². The van der Waals surface area contributed by atoms with Crippen molar-refractivity contribution in [3.63, 3.8) is 0 Å². The Balaban J connectivity index is 2.44. The van der Waals surface area contributed by atoms with Crippen molar-refractivity contribution >= 4 is 0 Å². The fraction of sp³-hybridized carbons (Fsp3) is 0.300. The molecule has 1 aliphatic heterocycles. The van der Waals surface area contributed by atoms with Crippen LogP contribution in [-0.4, -0.2) is 6.79 Å². The minimum atomic E-state index is -0.985. The summed E-state index contributed by atoms with van der Waals surface area (Å²) in [5.74, 6) is 1.34. The van der Waals surface area contributed by atoms with Crippen LogP contribution in [0.3, 0.4) is 0 Å². The summed E-state index contributed by atoms with van der Waals surface area (Å²) in [5.41, 5.74) is 5.51.